The zero-order chi connectivity index (χ0) is 16.2. The van der Waals surface area contributed by atoms with Crippen LogP contribution in [0, 0.1) is 0 Å². The van der Waals surface area contributed by atoms with Crippen molar-refractivity contribution in [1.82, 2.24) is 20.0 Å². The molecule has 3 rings (SSSR count). The van der Waals surface area contributed by atoms with Crippen LogP contribution in [-0.4, -0.2) is 41.3 Å². The summed E-state index contributed by atoms with van der Waals surface area (Å²) in [5.41, 5.74) is 2.29. The first kappa shape index (κ1) is 15.6. The molecule has 0 unspecified atom stereocenters. The predicted octanol–water partition coefficient (Wildman–Crippen LogP) is 1.58. The molecule has 6 nitrogen and oxygen atoms in total. The second-order valence-corrected chi connectivity index (χ2v) is 5.78. The van der Waals surface area contributed by atoms with Crippen molar-refractivity contribution in [3.63, 3.8) is 0 Å². The molecule has 0 fully saturated rings. The quantitative estimate of drug-likeness (QED) is 0.910. The summed E-state index contributed by atoms with van der Waals surface area (Å²) in [6, 6.07) is 10.1. The number of ether oxygens (including phenoxy) is 1. The van der Waals surface area contributed by atoms with Gasteiger partial charge in [0.15, 0.2) is 0 Å². The molecule has 0 aliphatic carbocycles. The summed E-state index contributed by atoms with van der Waals surface area (Å²) in [7, 11) is 3.36. The van der Waals surface area contributed by atoms with Crippen LogP contribution < -0.4 is 10.1 Å². The molecule has 0 saturated heterocycles. The number of fused-ring (bicyclic) bond motifs is 1. The summed E-state index contributed by atoms with van der Waals surface area (Å²) in [6.45, 7) is 2.40. The molecule has 6 heteroatoms. The monoisotopic (exact) mass is 314 g/mol. The fraction of sp³-hybridized carbons (Fsp3) is 0.412. The standard InChI is InChI=1S/C17H22N4O2/c1-18-17(22)9-15-12-20(11-14-7-8-19-21(14)15)10-13-5-3-4-6-16(13)23-2/h3-8,15H,9-12H2,1-2H3,(H,18,22)/t15-/m1/s1. The first-order valence-corrected chi connectivity index (χ1v) is 7.78. The molecule has 0 bridgehead atoms. The minimum absolute atomic E-state index is 0.0376. The van der Waals surface area contributed by atoms with E-state index in [2.05, 4.69) is 21.4 Å². The average Bonchev–Trinajstić information content (AvgIpc) is 3.04. The number of benzene rings is 1. The van der Waals surface area contributed by atoms with Gasteiger partial charge in [0.2, 0.25) is 5.91 Å². The first-order chi connectivity index (χ1) is 11.2. The van der Waals surface area contributed by atoms with Crippen LogP contribution in [0.3, 0.4) is 0 Å². The van der Waals surface area contributed by atoms with Gasteiger partial charge in [-0.1, -0.05) is 18.2 Å². The molecule has 1 N–H and O–H groups in total. The Morgan fingerprint density at radius 2 is 2.22 bits per heavy atom. The molecule has 1 atom stereocenters. The van der Waals surface area contributed by atoms with Crippen LogP contribution in [0.5, 0.6) is 5.75 Å². The molecule has 2 aromatic rings. The second-order valence-electron chi connectivity index (χ2n) is 5.78. The molecule has 0 spiro atoms. The van der Waals surface area contributed by atoms with E-state index in [0.29, 0.717) is 6.42 Å². The highest BCUT2D eigenvalue weighted by Crippen LogP contribution is 2.26. The van der Waals surface area contributed by atoms with E-state index in [1.807, 2.05) is 28.9 Å². The van der Waals surface area contributed by atoms with E-state index in [1.54, 1.807) is 20.4 Å². The van der Waals surface area contributed by atoms with E-state index in [-0.39, 0.29) is 11.9 Å². The lowest BCUT2D eigenvalue weighted by molar-refractivity contribution is -0.121. The SMILES string of the molecule is CNC(=O)C[C@@H]1CN(Cc2ccccc2OC)Cc2ccnn21. The van der Waals surface area contributed by atoms with E-state index < -0.39 is 0 Å². The van der Waals surface area contributed by atoms with Crippen LogP contribution in [0.2, 0.25) is 0 Å². The van der Waals surface area contributed by atoms with E-state index in [0.717, 1.165) is 36.6 Å². The highest BCUT2D eigenvalue weighted by Gasteiger charge is 2.27. The summed E-state index contributed by atoms with van der Waals surface area (Å²) >= 11 is 0. The number of nitrogens with one attached hydrogen (secondary N) is 1. The number of aromatic nitrogens is 2. The molecule has 1 aromatic heterocycles. The van der Waals surface area contributed by atoms with Crippen LogP contribution in [0.15, 0.2) is 36.5 Å². The number of methoxy groups -OCH3 is 1. The van der Waals surface area contributed by atoms with Gasteiger partial charge in [0, 0.05) is 38.4 Å². The number of hydrogen-bond acceptors (Lipinski definition) is 4. The fourth-order valence-corrected chi connectivity index (χ4v) is 3.13. The van der Waals surface area contributed by atoms with Gasteiger partial charge in [0.25, 0.3) is 0 Å². The van der Waals surface area contributed by atoms with Gasteiger partial charge in [0.05, 0.1) is 25.3 Å². The zero-order valence-electron chi connectivity index (χ0n) is 13.5. The molecule has 122 valence electrons. The third-order valence-electron chi connectivity index (χ3n) is 4.24. The minimum Gasteiger partial charge on any atom is -0.496 e. The second kappa shape index (κ2) is 6.83. The van der Waals surface area contributed by atoms with Gasteiger partial charge in [-0.2, -0.15) is 5.10 Å². The summed E-state index contributed by atoms with van der Waals surface area (Å²) in [6.07, 6.45) is 2.24. The summed E-state index contributed by atoms with van der Waals surface area (Å²) in [4.78, 5) is 14.1. The van der Waals surface area contributed by atoms with Crippen molar-refractivity contribution in [2.75, 3.05) is 20.7 Å². The van der Waals surface area contributed by atoms with Crippen molar-refractivity contribution in [2.24, 2.45) is 0 Å². The van der Waals surface area contributed by atoms with Crippen molar-refractivity contribution in [3.05, 3.63) is 47.8 Å². The number of amides is 1. The Morgan fingerprint density at radius 1 is 1.39 bits per heavy atom. The minimum atomic E-state index is 0.0376. The summed E-state index contributed by atoms with van der Waals surface area (Å²) in [5, 5.41) is 7.09. The largest absolute Gasteiger partial charge is 0.496 e. The number of carbonyl (C=O) groups is 1. The normalized spacial score (nSPS) is 17.6. The summed E-state index contributed by atoms with van der Waals surface area (Å²) in [5.74, 6) is 0.935. The summed E-state index contributed by atoms with van der Waals surface area (Å²) < 4.78 is 7.42. The van der Waals surface area contributed by atoms with Crippen molar-refractivity contribution < 1.29 is 9.53 Å². The van der Waals surface area contributed by atoms with Crippen LogP contribution in [0.25, 0.3) is 0 Å². The molecular formula is C17H22N4O2. The van der Waals surface area contributed by atoms with E-state index >= 15 is 0 Å². The van der Waals surface area contributed by atoms with Crippen LogP contribution in [-0.2, 0) is 17.9 Å². The molecular weight excluding hydrogens is 292 g/mol. The van der Waals surface area contributed by atoms with Gasteiger partial charge in [-0.25, -0.2) is 0 Å². The molecule has 2 heterocycles. The van der Waals surface area contributed by atoms with E-state index in [1.165, 1.54) is 0 Å². The fourth-order valence-electron chi connectivity index (χ4n) is 3.13. The van der Waals surface area contributed by atoms with Crippen LogP contribution in [0.1, 0.15) is 23.7 Å². The third-order valence-corrected chi connectivity index (χ3v) is 4.24. The van der Waals surface area contributed by atoms with Crippen molar-refractivity contribution in [2.45, 2.75) is 25.6 Å². The molecule has 1 aromatic carbocycles. The van der Waals surface area contributed by atoms with Gasteiger partial charge in [0.1, 0.15) is 5.75 Å². The van der Waals surface area contributed by atoms with Crippen molar-refractivity contribution in [3.8, 4) is 5.75 Å². The lowest BCUT2D eigenvalue weighted by Gasteiger charge is -2.33. The van der Waals surface area contributed by atoms with Crippen molar-refractivity contribution in [1.29, 1.82) is 0 Å². The number of para-hydroxylation sites is 1. The van der Waals surface area contributed by atoms with E-state index in [4.69, 9.17) is 4.74 Å². The van der Waals surface area contributed by atoms with Gasteiger partial charge >= 0.3 is 0 Å². The maximum Gasteiger partial charge on any atom is 0.221 e. The Balaban J connectivity index is 1.78. The van der Waals surface area contributed by atoms with Gasteiger partial charge in [-0.05, 0) is 12.1 Å². The van der Waals surface area contributed by atoms with Gasteiger partial charge in [-0.15, -0.1) is 0 Å². The first-order valence-electron chi connectivity index (χ1n) is 7.78. The number of hydrogen-bond donors (Lipinski definition) is 1. The lowest BCUT2D eigenvalue weighted by Crippen LogP contribution is -2.39. The Hall–Kier alpha value is -2.34. The third kappa shape index (κ3) is 3.37. The maximum absolute atomic E-state index is 11.8. The average molecular weight is 314 g/mol. The van der Waals surface area contributed by atoms with Gasteiger partial charge in [-0.3, -0.25) is 14.4 Å². The number of rotatable bonds is 5. The number of nitrogens with zero attached hydrogens (tertiary/aromatic N) is 3. The Morgan fingerprint density at radius 3 is 3.00 bits per heavy atom. The Bertz CT molecular complexity index is 683. The highest BCUT2D eigenvalue weighted by molar-refractivity contribution is 5.76. The predicted molar refractivity (Wildman–Crippen MR) is 87.1 cm³/mol. The molecule has 23 heavy (non-hydrogen) atoms. The van der Waals surface area contributed by atoms with E-state index in [9.17, 15) is 4.79 Å². The molecule has 1 aliphatic rings. The van der Waals surface area contributed by atoms with Crippen LogP contribution >= 0.6 is 0 Å². The molecule has 0 saturated carbocycles. The lowest BCUT2D eigenvalue weighted by atomic mass is 10.1. The Labute approximate surface area is 136 Å². The molecule has 1 amide bonds. The topological polar surface area (TPSA) is 59.4 Å². The van der Waals surface area contributed by atoms with Crippen molar-refractivity contribution >= 4 is 5.91 Å². The highest BCUT2D eigenvalue weighted by atomic mass is 16.5. The molecule has 1 aliphatic heterocycles. The molecule has 0 radical (unpaired) electrons. The Kier molecular flexibility index (Phi) is 4.62. The number of carbonyl (C=O) groups excluding carboxylic acids is 1. The zero-order valence-corrected chi connectivity index (χ0v) is 13.5. The van der Waals surface area contributed by atoms with Gasteiger partial charge < -0.3 is 10.1 Å². The maximum atomic E-state index is 11.8. The van der Waals surface area contributed by atoms with Crippen LogP contribution in [0.4, 0.5) is 0 Å². The smallest absolute Gasteiger partial charge is 0.221 e.